The van der Waals surface area contributed by atoms with Gasteiger partial charge in [0, 0.05) is 35.4 Å². The molecular formula is C48H71ClN2O6. The molecule has 6 rings (SSSR count). The molecule has 57 heavy (non-hydrogen) atoms. The quantitative estimate of drug-likeness (QED) is 0.210. The van der Waals surface area contributed by atoms with Gasteiger partial charge in [-0.2, -0.15) is 0 Å². The first-order valence-electron chi connectivity index (χ1n) is 21.8. The summed E-state index contributed by atoms with van der Waals surface area (Å²) >= 11 is 6.22. The molecule has 4 saturated carbocycles. The number of halogens is 1. The molecule has 8 atom stereocenters. The Morgan fingerprint density at radius 2 is 1.58 bits per heavy atom. The average molecular weight is 808 g/mol. The highest BCUT2D eigenvalue weighted by Gasteiger charge is 2.70. The van der Waals surface area contributed by atoms with Crippen LogP contribution in [0.2, 0.25) is 5.02 Å². The number of Topliss-reactive ketones (excluding diaryl/α,β-unsaturated/α-hetero) is 1. The lowest BCUT2D eigenvalue weighted by Gasteiger charge is -2.72. The number of nitrogens with zero attached hydrogens (tertiary/aromatic N) is 2. The number of rotatable bonds is 12. The van der Waals surface area contributed by atoms with E-state index < -0.39 is 17.4 Å². The molecule has 0 aromatic heterocycles. The third-order valence-electron chi connectivity index (χ3n) is 16.9. The standard InChI is InChI=1S/C48H71ClN2O6/c1-30(2)40-34(52)26-48(24-25-51(38(53)29-50(10)11)28-31-12-14-32(49)15-13-31)23-22-46(8)33(41(40)48)16-17-36-45(7)20-19-37(57-39(54)27-43(3,4)42(55)56)44(5,6)35(45)18-21-47(36,46)9/h12-15,30,33,35-37H,16-29H2,1-11H3,(H,55,56). The van der Waals surface area contributed by atoms with Crippen molar-refractivity contribution in [2.75, 3.05) is 27.2 Å². The maximum atomic E-state index is 14.3. The van der Waals surface area contributed by atoms with Crippen molar-refractivity contribution < 1.29 is 29.0 Å². The Hall–Kier alpha value is -2.71. The smallest absolute Gasteiger partial charge is 0.309 e. The van der Waals surface area contributed by atoms with Crippen LogP contribution in [0.25, 0.3) is 0 Å². The fraction of sp³-hybridized carbons (Fsp3) is 0.750. The van der Waals surface area contributed by atoms with Crippen LogP contribution in [0.4, 0.5) is 0 Å². The molecule has 316 valence electrons. The van der Waals surface area contributed by atoms with E-state index in [0.29, 0.717) is 54.6 Å². The Bertz CT molecular complexity index is 1780. The molecule has 8 nitrogen and oxygen atoms in total. The van der Waals surface area contributed by atoms with Crippen LogP contribution in [-0.2, 0) is 30.5 Å². The molecule has 4 fully saturated rings. The fourth-order valence-electron chi connectivity index (χ4n) is 13.7. The van der Waals surface area contributed by atoms with E-state index in [1.54, 1.807) is 13.8 Å². The van der Waals surface area contributed by atoms with Crippen LogP contribution in [0.1, 0.15) is 139 Å². The summed E-state index contributed by atoms with van der Waals surface area (Å²) in [6.07, 6.45) is 9.09. The third kappa shape index (κ3) is 7.55. The van der Waals surface area contributed by atoms with Gasteiger partial charge in [0.1, 0.15) is 6.10 Å². The molecular weight excluding hydrogens is 736 g/mol. The molecule has 0 saturated heterocycles. The molecule has 0 spiro atoms. The summed E-state index contributed by atoms with van der Waals surface area (Å²) in [4.78, 5) is 56.9. The number of amides is 1. The molecule has 0 bridgehead atoms. The van der Waals surface area contributed by atoms with Crippen molar-refractivity contribution in [3.63, 3.8) is 0 Å². The minimum absolute atomic E-state index is 0.0209. The van der Waals surface area contributed by atoms with Crippen molar-refractivity contribution in [3.8, 4) is 0 Å². The van der Waals surface area contributed by atoms with Gasteiger partial charge in [0.2, 0.25) is 5.91 Å². The lowest BCUT2D eigenvalue weighted by atomic mass is 9.33. The van der Waals surface area contributed by atoms with Crippen LogP contribution in [0, 0.1) is 56.2 Å². The zero-order valence-corrected chi connectivity index (χ0v) is 37.6. The summed E-state index contributed by atoms with van der Waals surface area (Å²) in [5, 5.41) is 10.3. The lowest BCUT2D eigenvalue weighted by Crippen LogP contribution is -2.65. The SMILES string of the molecule is CC(C)C1=C2C3CCC4C5(C)CCC(OC(=O)CC(C)(C)C(=O)O)C(C)(C)C5CCC4(C)C3(C)CCC2(CCN(Cc2ccc(Cl)cc2)C(=O)CN(C)C)CC1=O. The van der Waals surface area contributed by atoms with Gasteiger partial charge < -0.3 is 19.6 Å². The molecule has 1 aromatic carbocycles. The number of benzene rings is 1. The van der Waals surface area contributed by atoms with E-state index >= 15 is 0 Å². The van der Waals surface area contributed by atoms with Gasteiger partial charge in [0.25, 0.3) is 0 Å². The van der Waals surface area contributed by atoms with Gasteiger partial charge in [-0.15, -0.1) is 0 Å². The van der Waals surface area contributed by atoms with E-state index in [9.17, 15) is 24.3 Å². The Kier molecular flexibility index (Phi) is 11.8. The van der Waals surface area contributed by atoms with Crippen LogP contribution in [-0.4, -0.2) is 71.8 Å². The number of fused-ring (bicyclic) bond motifs is 7. The monoisotopic (exact) mass is 807 g/mol. The van der Waals surface area contributed by atoms with E-state index in [1.165, 1.54) is 5.57 Å². The zero-order chi connectivity index (χ0) is 42.1. The second kappa shape index (κ2) is 15.4. The predicted molar refractivity (Wildman–Crippen MR) is 225 cm³/mol. The van der Waals surface area contributed by atoms with Crippen molar-refractivity contribution >= 4 is 35.2 Å². The van der Waals surface area contributed by atoms with E-state index in [2.05, 4.69) is 48.5 Å². The molecule has 0 radical (unpaired) electrons. The molecule has 8 unspecified atom stereocenters. The van der Waals surface area contributed by atoms with E-state index in [0.717, 1.165) is 68.9 Å². The number of likely N-dealkylation sites (N-methyl/N-ethyl adjacent to an activating group) is 1. The first kappa shape index (κ1) is 43.9. The van der Waals surface area contributed by atoms with Gasteiger partial charge in [0.05, 0.1) is 18.4 Å². The highest BCUT2D eigenvalue weighted by molar-refractivity contribution is 6.30. The molecule has 5 aliphatic rings. The number of hydrogen-bond acceptors (Lipinski definition) is 6. The Balaban J connectivity index is 1.28. The summed E-state index contributed by atoms with van der Waals surface area (Å²) in [7, 11) is 3.87. The van der Waals surface area contributed by atoms with Gasteiger partial charge in [-0.25, -0.2) is 0 Å². The van der Waals surface area contributed by atoms with Crippen molar-refractivity contribution in [2.24, 2.45) is 56.2 Å². The Morgan fingerprint density at radius 1 is 0.912 bits per heavy atom. The summed E-state index contributed by atoms with van der Waals surface area (Å²) in [5.74, 6) is 0.345. The minimum Gasteiger partial charge on any atom is -0.481 e. The van der Waals surface area contributed by atoms with Crippen LogP contribution in [0.5, 0.6) is 0 Å². The summed E-state index contributed by atoms with van der Waals surface area (Å²) in [6.45, 7) is 21.3. The summed E-state index contributed by atoms with van der Waals surface area (Å²) in [5.41, 5.74) is 2.07. The van der Waals surface area contributed by atoms with Crippen LogP contribution in [0.15, 0.2) is 35.4 Å². The number of aliphatic carboxylic acids is 1. The van der Waals surface area contributed by atoms with Crippen LogP contribution >= 0.6 is 11.6 Å². The fourth-order valence-corrected chi connectivity index (χ4v) is 13.8. The lowest BCUT2D eigenvalue weighted by molar-refractivity contribution is -0.233. The normalized spacial score (nSPS) is 34.7. The first-order chi connectivity index (χ1) is 26.4. The number of carbonyl (C=O) groups is 4. The first-order valence-corrected chi connectivity index (χ1v) is 22.2. The van der Waals surface area contributed by atoms with Crippen LogP contribution in [0.3, 0.4) is 0 Å². The second-order valence-electron chi connectivity index (χ2n) is 21.6. The largest absolute Gasteiger partial charge is 0.481 e. The van der Waals surface area contributed by atoms with E-state index in [1.807, 2.05) is 48.2 Å². The number of esters is 1. The van der Waals surface area contributed by atoms with Gasteiger partial charge in [-0.3, -0.25) is 19.2 Å². The number of ketones is 1. The van der Waals surface area contributed by atoms with Crippen molar-refractivity contribution in [3.05, 3.63) is 46.0 Å². The highest BCUT2D eigenvalue weighted by Crippen LogP contribution is 2.77. The molecule has 0 heterocycles. The average Bonchev–Trinajstić information content (AvgIpc) is 3.40. The summed E-state index contributed by atoms with van der Waals surface area (Å²) < 4.78 is 6.19. The molecule has 1 amide bonds. The molecule has 1 N–H and O–H groups in total. The maximum Gasteiger partial charge on any atom is 0.309 e. The summed E-state index contributed by atoms with van der Waals surface area (Å²) in [6, 6.07) is 7.77. The molecule has 0 aliphatic heterocycles. The molecule has 9 heteroatoms. The maximum absolute atomic E-state index is 14.3. The third-order valence-corrected chi connectivity index (χ3v) is 17.2. The zero-order valence-electron chi connectivity index (χ0n) is 36.9. The van der Waals surface area contributed by atoms with Crippen molar-refractivity contribution in [1.29, 1.82) is 0 Å². The van der Waals surface area contributed by atoms with Gasteiger partial charge in [0.15, 0.2) is 5.78 Å². The van der Waals surface area contributed by atoms with E-state index in [-0.39, 0.29) is 51.4 Å². The molecule has 5 aliphatic carbocycles. The topological polar surface area (TPSA) is 104 Å². The van der Waals surface area contributed by atoms with Crippen molar-refractivity contribution in [1.82, 2.24) is 9.80 Å². The van der Waals surface area contributed by atoms with Gasteiger partial charge in [-0.05, 0) is 149 Å². The minimum atomic E-state index is -1.17. The van der Waals surface area contributed by atoms with Crippen molar-refractivity contribution in [2.45, 2.75) is 146 Å². The number of allylic oxidation sites excluding steroid dienone is 2. The number of carbonyl (C=O) groups excluding carboxylic acids is 3. The predicted octanol–water partition coefficient (Wildman–Crippen LogP) is 10.0. The Labute approximate surface area is 347 Å². The number of carboxylic acids is 1. The number of hydrogen-bond donors (Lipinski definition) is 1. The van der Waals surface area contributed by atoms with Gasteiger partial charge in [-0.1, -0.05) is 77.8 Å². The number of ether oxygens (including phenoxy) is 1. The number of carboxylic acid groups (broad SMARTS) is 1. The Morgan fingerprint density at radius 3 is 2.19 bits per heavy atom. The second-order valence-corrected chi connectivity index (χ2v) is 22.0. The van der Waals surface area contributed by atoms with Crippen LogP contribution < -0.4 is 0 Å². The van der Waals surface area contributed by atoms with Gasteiger partial charge >= 0.3 is 11.9 Å². The molecule has 1 aromatic rings. The highest BCUT2D eigenvalue weighted by atomic mass is 35.5. The van der Waals surface area contributed by atoms with E-state index in [4.69, 9.17) is 16.3 Å².